The van der Waals surface area contributed by atoms with Crippen LogP contribution in [0.2, 0.25) is 0 Å². The van der Waals surface area contributed by atoms with Crippen LogP contribution in [0.4, 0.5) is 17.1 Å². The second-order valence-corrected chi connectivity index (χ2v) is 16.0. The molecule has 0 saturated carbocycles. The molecule has 0 aliphatic heterocycles. The average Bonchev–Trinajstić information content (AvgIpc) is 3.52. The van der Waals surface area contributed by atoms with Gasteiger partial charge in [0.1, 0.15) is 0 Å². The second kappa shape index (κ2) is 11.7. The van der Waals surface area contributed by atoms with Crippen LogP contribution in [0.3, 0.4) is 0 Å². The normalized spacial score (nSPS) is 14.4. The third kappa shape index (κ3) is 4.76. The van der Waals surface area contributed by atoms with Crippen LogP contribution in [-0.4, -0.2) is 0 Å². The lowest BCUT2D eigenvalue weighted by Crippen LogP contribution is -2.18. The SMILES string of the molecule is Cc1ccc(-c2ccc(N(c3ccc4c(c3)C(C)(C)c3ccccc3-4)c3cccc4c3-c3ccccc3C4(C)C)c(-c3c(C)cccc3C)c2)cc1. The molecule has 0 fully saturated rings. The number of fused-ring (bicyclic) bond motifs is 6. The third-order valence-electron chi connectivity index (χ3n) is 12.0. The molecule has 254 valence electrons. The summed E-state index contributed by atoms with van der Waals surface area (Å²) in [5, 5.41) is 0. The van der Waals surface area contributed by atoms with Crippen LogP contribution >= 0.6 is 0 Å². The monoisotopic (exact) mass is 671 g/mol. The number of benzene rings is 7. The van der Waals surface area contributed by atoms with Crippen molar-refractivity contribution in [3.05, 3.63) is 185 Å². The van der Waals surface area contributed by atoms with Crippen molar-refractivity contribution in [2.75, 3.05) is 4.90 Å². The number of anilines is 3. The first-order valence-electron chi connectivity index (χ1n) is 18.6. The predicted molar refractivity (Wildman–Crippen MR) is 221 cm³/mol. The van der Waals surface area contributed by atoms with Crippen LogP contribution in [0.1, 0.15) is 66.6 Å². The van der Waals surface area contributed by atoms with E-state index in [0.717, 1.165) is 0 Å². The molecular weight excluding hydrogens is 627 g/mol. The van der Waals surface area contributed by atoms with E-state index in [4.69, 9.17) is 0 Å². The maximum Gasteiger partial charge on any atom is 0.0543 e. The molecule has 7 aromatic rings. The van der Waals surface area contributed by atoms with E-state index in [0.29, 0.717) is 0 Å². The number of nitrogens with zero attached hydrogens (tertiary/aromatic N) is 1. The van der Waals surface area contributed by atoms with Gasteiger partial charge in [-0.1, -0.05) is 149 Å². The van der Waals surface area contributed by atoms with E-state index in [-0.39, 0.29) is 10.8 Å². The smallest absolute Gasteiger partial charge is 0.0543 e. The van der Waals surface area contributed by atoms with E-state index in [2.05, 4.69) is 199 Å². The number of hydrogen-bond acceptors (Lipinski definition) is 1. The highest BCUT2D eigenvalue weighted by Gasteiger charge is 2.39. The maximum absolute atomic E-state index is 2.57. The van der Waals surface area contributed by atoms with Crippen molar-refractivity contribution < 1.29 is 0 Å². The molecule has 1 heteroatoms. The summed E-state index contributed by atoms with van der Waals surface area (Å²) in [7, 11) is 0. The van der Waals surface area contributed by atoms with Gasteiger partial charge in [-0.25, -0.2) is 0 Å². The summed E-state index contributed by atoms with van der Waals surface area (Å²) in [5.41, 5.74) is 22.9. The lowest BCUT2D eigenvalue weighted by atomic mass is 9.82. The minimum atomic E-state index is -0.119. The maximum atomic E-state index is 2.57. The summed E-state index contributed by atoms with van der Waals surface area (Å²) in [6.07, 6.45) is 0. The third-order valence-corrected chi connectivity index (χ3v) is 12.0. The zero-order valence-electron chi connectivity index (χ0n) is 31.3. The first kappa shape index (κ1) is 32.3. The average molecular weight is 672 g/mol. The van der Waals surface area contributed by atoms with Gasteiger partial charge in [-0.3, -0.25) is 0 Å². The molecule has 0 spiro atoms. The predicted octanol–water partition coefficient (Wildman–Crippen LogP) is 14.0. The van der Waals surface area contributed by atoms with E-state index in [9.17, 15) is 0 Å². The Bertz CT molecular complexity index is 2530. The van der Waals surface area contributed by atoms with Gasteiger partial charge < -0.3 is 4.90 Å². The van der Waals surface area contributed by atoms with Crippen molar-refractivity contribution in [1.29, 1.82) is 0 Å². The number of aryl methyl sites for hydroxylation is 3. The molecule has 0 unspecified atom stereocenters. The Morgan fingerprint density at radius 2 is 0.962 bits per heavy atom. The van der Waals surface area contributed by atoms with E-state index in [1.54, 1.807) is 0 Å². The van der Waals surface area contributed by atoms with E-state index in [1.165, 1.54) is 101 Å². The highest BCUT2D eigenvalue weighted by molar-refractivity contribution is 5.99. The number of hydrogen-bond donors (Lipinski definition) is 0. The Balaban J connectivity index is 1.37. The van der Waals surface area contributed by atoms with Crippen molar-refractivity contribution in [2.45, 2.75) is 59.3 Å². The Labute approximate surface area is 309 Å². The molecule has 0 N–H and O–H groups in total. The zero-order valence-corrected chi connectivity index (χ0v) is 31.3. The highest BCUT2D eigenvalue weighted by atomic mass is 15.1. The van der Waals surface area contributed by atoms with Gasteiger partial charge in [0.15, 0.2) is 0 Å². The molecule has 0 radical (unpaired) electrons. The van der Waals surface area contributed by atoms with Crippen molar-refractivity contribution in [3.63, 3.8) is 0 Å². The van der Waals surface area contributed by atoms with Crippen LogP contribution in [0.25, 0.3) is 44.5 Å². The van der Waals surface area contributed by atoms with Crippen LogP contribution < -0.4 is 4.90 Å². The van der Waals surface area contributed by atoms with Crippen molar-refractivity contribution >= 4 is 17.1 Å². The highest BCUT2D eigenvalue weighted by Crippen LogP contribution is 2.56. The summed E-state index contributed by atoms with van der Waals surface area (Å²) >= 11 is 0. The first-order chi connectivity index (χ1) is 25.1. The Kier molecular flexibility index (Phi) is 7.25. The lowest BCUT2D eigenvalue weighted by molar-refractivity contribution is 0.660. The Morgan fingerprint density at radius 3 is 1.69 bits per heavy atom. The quantitative estimate of drug-likeness (QED) is 0.176. The minimum absolute atomic E-state index is 0.111. The van der Waals surface area contributed by atoms with Crippen molar-refractivity contribution in [2.24, 2.45) is 0 Å². The van der Waals surface area contributed by atoms with Crippen molar-refractivity contribution in [3.8, 4) is 44.5 Å². The standard InChI is InChI=1S/C51H45N/c1-32-22-24-35(25-23-32)36-26-29-46(41(30-36)48-33(2)14-12-15-34(48)3)52(37-27-28-39-38-16-8-10-18-42(38)51(6,7)45(39)31-37)47-21-13-20-44-49(47)40-17-9-11-19-43(40)50(44,4)5/h8-31H,1-7H3. The molecule has 0 heterocycles. The summed E-state index contributed by atoms with van der Waals surface area (Å²) in [6, 6.07) is 54.8. The van der Waals surface area contributed by atoms with Gasteiger partial charge in [0, 0.05) is 27.6 Å². The van der Waals surface area contributed by atoms with Gasteiger partial charge in [-0.2, -0.15) is 0 Å². The Morgan fingerprint density at radius 1 is 0.385 bits per heavy atom. The Hall–Kier alpha value is -5.66. The van der Waals surface area contributed by atoms with Gasteiger partial charge >= 0.3 is 0 Å². The molecule has 0 bridgehead atoms. The molecule has 2 aliphatic rings. The molecule has 1 nitrogen and oxygen atoms in total. The van der Waals surface area contributed by atoms with Gasteiger partial charge in [0.25, 0.3) is 0 Å². The minimum Gasteiger partial charge on any atom is -0.309 e. The molecule has 0 atom stereocenters. The van der Waals surface area contributed by atoms with E-state index >= 15 is 0 Å². The summed E-state index contributed by atoms with van der Waals surface area (Å²) in [4.78, 5) is 2.57. The van der Waals surface area contributed by atoms with Crippen molar-refractivity contribution in [1.82, 2.24) is 0 Å². The molecule has 0 aromatic heterocycles. The molecular formula is C51H45N. The summed E-state index contributed by atoms with van der Waals surface area (Å²) in [6.45, 7) is 16.2. The largest absolute Gasteiger partial charge is 0.309 e. The van der Waals surface area contributed by atoms with Crippen LogP contribution in [0.15, 0.2) is 146 Å². The van der Waals surface area contributed by atoms with Crippen LogP contribution in [0, 0.1) is 20.8 Å². The van der Waals surface area contributed by atoms with Gasteiger partial charge in [0.05, 0.1) is 11.4 Å². The van der Waals surface area contributed by atoms with E-state index < -0.39 is 0 Å². The molecule has 52 heavy (non-hydrogen) atoms. The fourth-order valence-corrected chi connectivity index (χ4v) is 9.26. The molecule has 0 amide bonds. The summed E-state index contributed by atoms with van der Waals surface area (Å²) < 4.78 is 0. The second-order valence-electron chi connectivity index (χ2n) is 16.0. The lowest BCUT2D eigenvalue weighted by Gasteiger charge is -2.32. The van der Waals surface area contributed by atoms with Crippen LogP contribution in [0.5, 0.6) is 0 Å². The zero-order chi connectivity index (χ0) is 35.9. The van der Waals surface area contributed by atoms with Crippen LogP contribution in [-0.2, 0) is 10.8 Å². The fourth-order valence-electron chi connectivity index (χ4n) is 9.26. The van der Waals surface area contributed by atoms with Gasteiger partial charge in [0.2, 0.25) is 0 Å². The molecule has 2 aliphatic carbocycles. The molecule has 7 aromatic carbocycles. The molecule has 9 rings (SSSR count). The number of rotatable bonds is 5. The topological polar surface area (TPSA) is 3.24 Å². The molecule has 0 saturated heterocycles. The fraction of sp³-hybridized carbons (Fsp3) is 0.176. The first-order valence-corrected chi connectivity index (χ1v) is 18.6. The summed E-state index contributed by atoms with van der Waals surface area (Å²) in [5.74, 6) is 0. The van der Waals surface area contributed by atoms with Gasteiger partial charge in [-0.05, 0) is 118 Å². The van der Waals surface area contributed by atoms with E-state index in [1.807, 2.05) is 0 Å². The van der Waals surface area contributed by atoms with Gasteiger partial charge in [-0.15, -0.1) is 0 Å².